The van der Waals surface area contributed by atoms with Crippen LogP contribution in [-0.2, 0) is 0 Å². The molecule has 17 heavy (non-hydrogen) atoms. The van der Waals surface area contributed by atoms with E-state index in [0.29, 0.717) is 17.1 Å². The van der Waals surface area contributed by atoms with Gasteiger partial charge in [-0.3, -0.25) is 0 Å². The molecule has 1 aromatic carbocycles. The Kier molecular flexibility index (Phi) is 4.21. The fourth-order valence-electron chi connectivity index (χ4n) is 1.89. The topological polar surface area (TPSA) is 47.3 Å². The van der Waals surface area contributed by atoms with Crippen LogP contribution in [-0.4, -0.2) is 12.6 Å². The molecule has 0 saturated carbocycles. The zero-order valence-corrected chi connectivity index (χ0v) is 10.9. The maximum atomic E-state index is 13.7. The molecule has 0 aliphatic heterocycles. The Hall–Kier alpha value is -1.45. The van der Waals surface area contributed by atoms with Gasteiger partial charge in [0.2, 0.25) is 0 Å². The number of hydrogen-bond donors (Lipinski definition) is 2. The second kappa shape index (κ2) is 5.25. The summed E-state index contributed by atoms with van der Waals surface area (Å²) in [5, 5.41) is 3.18. The third kappa shape index (κ3) is 3.51. The van der Waals surface area contributed by atoms with E-state index in [9.17, 15) is 4.39 Å². The number of methoxy groups -OCH3 is 1. The van der Waals surface area contributed by atoms with Crippen molar-refractivity contribution in [2.45, 2.75) is 39.2 Å². The zero-order chi connectivity index (χ0) is 13.1. The van der Waals surface area contributed by atoms with Crippen LogP contribution in [0, 0.1) is 5.82 Å². The van der Waals surface area contributed by atoms with Crippen LogP contribution in [0.4, 0.5) is 15.8 Å². The smallest absolute Gasteiger partial charge is 0.148 e. The summed E-state index contributed by atoms with van der Waals surface area (Å²) in [5.74, 6) is 0.133. The van der Waals surface area contributed by atoms with Crippen LogP contribution >= 0.6 is 0 Å². The van der Waals surface area contributed by atoms with Gasteiger partial charge in [-0.1, -0.05) is 13.3 Å². The van der Waals surface area contributed by atoms with E-state index in [1.165, 1.54) is 13.2 Å². The van der Waals surface area contributed by atoms with Gasteiger partial charge in [0.1, 0.15) is 11.6 Å². The first-order valence-electron chi connectivity index (χ1n) is 5.81. The zero-order valence-electron chi connectivity index (χ0n) is 10.9. The molecule has 3 nitrogen and oxygen atoms in total. The van der Waals surface area contributed by atoms with E-state index >= 15 is 0 Å². The molecule has 0 aromatic heterocycles. The molecule has 0 bridgehead atoms. The standard InChI is InChI=1S/C13H21FN2O/c1-5-6-13(2,3)16-11-8-12(17-4)10(15)7-9(11)14/h7-8,16H,5-6,15H2,1-4H3. The molecule has 96 valence electrons. The van der Waals surface area contributed by atoms with E-state index in [1.54, 1.807) is 6.07 Å². The number of nitrogen functional groups attached to an aromatic ring is 1. The number of rotatable bonds is 5. The Balaban J connectivity index is 2.98. The second-order valence-corrected chi connectivity index (χ2v) is 4.83. The molecular weight excluding hydrogens is 219 g/mol. The summed E-state index contributed by atoms with van der Waals surface area (Å²) in [4.78, 5) is 0. The maximum Gasteiger partial charge on any atom is 0.148 e. The number of nitrogens with one attached hydrogen (secondary N) is 1. The molecule has 0 aliphatic carbocycles. The minimum atomic E-state index is -0.354. The predicted molar refractivity (Wildman–Crippen MR) is 70.0 cm³/mol. The number of benzene rings is 1. The Morgan fingerprint density at radius 1 is 1.41 bits per heavy atom. The van der Waals surface area contributed by atoms with E-state index in [0.717, 1.165) is 12.8 Å². The van der Waals surface area contributed by atoms with E-state index in [1.807, 2.05) is 13.8 Å². The second-order valence-electron chi connectivity index (χ2n) is 4.83. The molecule has 3 N–H and O–H groups in total. The van der Waals surface area contributed by atoms with Crippen LogP contribution in [0.15, 0.2) is 12.1 Å². The van der Waals surface area contributed by atoms with Crippen molar-refractivity contribution in [1.29, 1.82) is 0 Å². The molecule has 1 rings (SSSR count). The minimum Gasteiger partial charge on any atom is -0.495 e. The molecule has 4 heteroatoms. The number of anilines is 2. The summed E-state index contributed by atoms with van der Waals surface area (Å²) in [5.41, 5.74) is 6.21. The SMILES string of the molecule is CCCC(C)(C)Nc1cc(OC)c(N)cc1F. The lowest BCUT2D eigenvalue weighted by atomic mass is 9.98. The summed E-state index contributed by atoms with van der Waals surface area (Å²) in [7, 11) is 1.52. The van der Waals surface area contributed by atoms with Gasteiger partial charge in [-0.2, -0.15) is 0 Å². The van der Waals surface area contributed by atoms with Crippen molar-refractivity contribution in [3.05, 3.63) is 17.9 Å². The number of nitrogens with two attached hydrogens (primary N) is 1. The van der Waals surface area contributed by atoms with Crippen molar-refractivity contribution in [3.63, 3.8) is 0 Å². The van der Waals surface area contributed by atoms with Gasteiger partial charge in [0, 0.05) is 17.7 Å². The molecule has 0 aliphatic rings. The van der Waals surface area contributed by atoms with Crippen molar-refractivity contribution in [3.8, 4) is 5.75 Å². The Morgan fingerprint density at radius 2 is 2.06 bits per heavy atom. The fourth-order valence-corrected chi connectivity index (χ4v) is 1.89. The maximum absolute atomic E-state index is 13.7. The fraction of sp³-hybridized carbons (Fsp3) is 0.538. The highest BCUT2D eigenvalue weighted by Gasteiger charge is 2.19. The molecule has 1 aromatic rings. The highest BCUT2D eigenvalue weighted by atomic mass is 19.1. The molecule has 0 unspecified atom stereocenters. The van der Waals surface area contributed by atoms with Gasteiger partial charge in [0.15, 0.2) is 0 Å². The van der Waals surface area contributed by atoms with E-state index < -0.39 is 0 Å². The van der Waals surface area contributed by atoms with Crippen molar-refractivity contribution in [2.75, 3.05) is 18.2 Å². The van der Waals surface area contributed by atoms with Crippen LogP contribution < -0.4 is 15.8 Å². The van der Waals surface area contributed by atoms with E-state index in [2.05, 4.69) is 12.2 Å². The van der Waals surface area contributed by atoms with Crippen molar-refractivity contribution in [2.24, 2.45) is 0 Å². The van der Waals surface area contributed by atoms with Crippen LogP contribution in [0.3, 0.4) is 0 Å². The van der Waals surface area contributed by atoms with Gasteiger partial charge in [0.25, 0.3) is 0 Å². The van der Waals surface area contributed by atoms with E-state index in [-0.39, 0.29) is 11.4 Å². The third-order valence-electron chi connectivity index (χ3n) is 2.67. The summed E-state index contributed by atoms with van der Waals surface area (Å²) in [6.45, 7) is 6.18. The first kappa shape index (κ1) is 13.6. The predicted octanol–water partition coefficient (Wildman–Crippen LogP) is 3.41. The Morgan fingerprint density at radius 3 is 2.59 bits per heavy atom. The summed E-state index contributed by atoms with van der Waals surface area (Å²) < 4.78 is 18.8. The Bertz CT molecular complexity index is 391. The van der Waals surface area contributed by atoms with E-state index in [4.69, 9.17) is 10.5 Å². The normalized spacial score (nSPS) is 11.4. The lowest BCUT2D eigenvalue weighted by Gasteiger charge is -2.27. The molecule has 0 amide bonds. The van der Waals surface area contributed by atoms with Crippen molar-refractivity contribution in [1.82, 2.24) is 0 Å². The third-order valence-corrected chi connectivity index (χ3v) is 2.67. The van der Waals surface area contributed by atoms with Gasteiger partial charge >= 0.3 is 0 Å². The van der Waals surface area contributed by atoms with Gasteiger partial charge in [-0.15, -0.1) is 0 Å². The highest BCUT2D eigenvalue weighted by molar-refractivity contribution is 5.62. The van der Waals surface area contributed by atoms with Gasteiger partial charge in [-0.05, 0) is 20.3 Å². The summed E-state index contributed by atoms with van der Waals surface area (Å²) in [6, 6.07) is 2.88. The monoisotopic (exact) mass is 240 g/mol. The molecule has 0 fully saturated rings. The molecule has 0 radical (unpaired) electrons. The highest BCUT2D eigenvalue weighted by Crippen LogP contribution is 2.30. The first-order valence-corrected chi connectivity index (χ1v) is 5.81. The number of halogens is 1. The van der Waals surface area contributed by atoms with Gasteiger partial charge in [-0.25, -0.2) is 4.39 Å². The van der Waals surface area contributed by atoms with Gasteiger partial charge in [0.05, 0.1) is 18.5 Å². The molecule has 0 spiro atoms. The number of hydrogen-bond acceptors (Lipinski definition) is 3. The molecule has 0 saturated heterocycles. The lowest BCUT2D eigenvalue weighted by Crippen LogP contribution is -2.30. The summed E-state index contributed by atoms with van der Waals surface area (Å²) in [6.07, 6.45) is 1.99. The van der Waals surface area contributed by atoms with Crippen LogP contribution in [0.2, 0.25) is 0 Å². The number of ether oxygens (including phenoxy) is 1. The van der Waals surface area contributed by atoms with Crippen LogP contribution in [0.5, 0.6) is 5.75 Å². The molecule has 0 heterocycles. The Labute approximate surface area is 102 Å². The minimum absolute atomic E-state index is 0.156. The van der Waals surface area contributed by atoms with Crippen molar-refractivity contribution >= 4 is 11.4 Å². The summed E-state index contributed by atoms with van der Waals surface area (Å²) >= 11 is 0. The van der Waals surface area contributed by atoms with Crippen LogP contribution in [0.1, 0.15) is 33.6 Å². The molecular formula is C13H21FN2O. The average Bonchev–Trinajstić information content (AvgIpc) is 2.21. The van der Waals surface area contributed by atoms with Crippen LogP contribution in [0.25, 0.3) is 0 Å². The van der Waals surface area contributed by atoms with Gasteiger partial charge < -0.3 is 15.8 Å². The first-order chi connectivity index (χ1) is 7.89. The lowest BCUT2D eigenvalue weighted by molar-refractivity contribution is 0.415. The average molecular weight is 240 g/mol. The largest absolute Gasteiger partial charge is 0.495 e. The molecule has 0 atom stereocenters. The van der Waals surface area contributed by atoms with Crippen molar-refractivity contribution < 1.29 is 9.13 Å². The quantitative estimate of drug-likeness (QED) is 0.775.